The zero-order chi connectivity index (χ0) is 19.0. The van der Waals surface area contributed by atoms with Gasteiger partial charge in [0, 0.05) is 27.2 Å². The third-order valence-corrected chi connectivity index (χ3v) is 3.37. The molecule has 8 heteroatoms. The molecule has 1 unspecified atom stereocenters. The summed E-state index contributed by atoms with van der Waals surface area (Å²) in [7, 11) is 0. The van der Waals surface area contributed by atoms with Crippen LogP contribution in [-0.4, -0.2) is 55.2 Å². The van der Waals surface area contributed by atoms with Gasteiger partial charge >= 0.3 is 17.9 Å². The van der Waals surface area contributed by atoms with E-state index in [1.807, 2.05) is 0 Å². The van der Waals surface area contributed by atoms with Gasteiger partial charge in [-0.05, 0) is 0 Å². The van der Waals surface area contributed by atoms with Gasteiger partial charge in [-0.25, -0.2) is 0 Å². The Labute approximate surface area is 146 Å². The van der Waals surface area contributed by atoms with Crippen LogP contribution in [0, 0.1) is 24.7 Å². The lowest BCUT2D eigenvalue weighted by molar-refractivity contribution is -0.309. The van der Waals surface area contributed by atoms with E-state index in [-0.39, 0.29) is 19.6 Å². The second-order valence-corrected chi connectivity index (χ2v) is 5.27. The molecule has 8 nitrogen and oxygen atoms in total. The summed E-state index contributed by atoms with van der Waals surface area (Å²) < 4.78 is 26.7. The number of terminal acetylenes is 2. The fourth-order valence-corrected chi connectivity index (χ4v) is 2.53. The van der Waals surface area contributed by atoms with Crippen molar-refractivity contribution in [1.29, 1.82) is 0 Å². The molecule has 1 fully saturated rings. The van der Waals surface area contributed by atoms with Gasteiger partial charge in [0.25, 0.3) is 0 Å². The predicted molar refractivity (Wildman–Crippen MR) is 83.6 cm³/mol. The Kier molecular flexibility index (Phi) is 7.43. The molecule has 1 rings (SSSR count). The Balaban J connectivity index is 3.38. The van der Waals surface area contributed by atoms with Crippen molar-refractivity contribution >= 4 is 17.9 Å². The molecule has 0 bridgehead atoms. The molecule has 25 heavy (non-hydrogen) atoms. The number of hydrogen-bond donors (Lipinski definition) is 0. The lowest BCUT2D eigenvalue weighted by atomic mass is 9.84. The zero-order valence-electron chi connectivity index (χ0n) is 14.3. The van der Waals surface area contributed by atoms with E-state index < -0.39 is 42.0 Å². The Morgan fingerprint density at radius 1 is 1.04 bits per heavy atom. The van der Waals surface area contributed by atoms with Gasteiger partial charge in [-0.3, -0.25) is 14.4 Å². The second kappa shape index (κ2) is 9.07. The first kappa shape index (κ1) is 20.5. The first-order valence-electron chi connectivity index (χ1n) is 7.41. The molecule has 0 amide bonds. The molecule has 4 atom stereocenters. The molecule has 1 saturated heterocycles. The van der Waals surface area contributed by atoms with E-state index in [0.29, 0.717) is 0 Å². The molecular formula is C17H20O8. The van der Waals surface area contributed by atoms with E-state index in [1.54, 1.807) is 0 Å². The molecular weight excluding hydrogens is 332 g/mol. The Bertz CT molecular complexity index is 599. The largest absolute Gasteiger partial charge is 0.457 e. The van der Waals surface area contributed by atoms with Crippen LogP contribution >= 0.6 is 0 Å². The van der Waals surface area contributed by atoms with Gasteiger partial charge in [0.15, 0.2) is 17.8 Å². The molecule has 1 aliphatic heterocycles. The first-order chi connectivity index (χ1) is 11.8. The highest BCUT2D eigenvalue weighted by atomic mass is 16.7. The van der Waals surface area contributed by atoms with Crippen molar-refractivity contribution in [1.82, 2.24) is 0 Å². The molecule has 0 aromatic heterocycles. The van der Waals surface area contributed by atoms with Crippen molar-refractivity contribution in [2.24, 2.45) is 0 Å². The van der Waals surface area contributed by atoms with E-state index in [2.05, 4.69) is 11.8 Å². The molecule has 1 aliphatic rings. The van der Waals surface area contributed by atoms with Crippen LogP contribution in [0.3, 0.4) is 0 Å². The van der Waals surface area contributed by atoms with E-state index in [4.69, 9.17) is 36.5 Å². The Morgan fingerprint density at radius 2 is 1.64 bits per heavy atom. The summed E-state index contributed by atoms with van der Waals surface area (Å²) in [4.78, 5) is 34.4. The smallest absolute Gasteiger partial charge is 0.305 e. The monoisotopic (exact) mass is 352 g/mol. The minimum Gasteiger partial charge on any atom is -0.457 e. The van der Waals surface area contributed by atoms with Crippen molar-refractivity contribution in [2.45, 2.75) is 51.3 Å². The van der Waals surface area contributed by atoms with Gasteiger partial charge < -0.3 is 23.7 Å². The Morgan fingerprint density at radius 3 is 2.12 bits per heavy atom. The van der Waals surface area contributed by atoms with Crippen LogP contribution in [0.4, 0.5) is 0 Å². The summed E-state index contributed by atoms with van der Waals surface area (Å²) in [5.41, 5.74) is -1.53. The highest BCUT2D eigenvalue weighted by Gasteiger charge is 2.58. The van der Waals surface area contributed by atoms with Crippen LogP contribution in [0.1, 0.15) is 27.2 Å². The molecule has 1 heterocycles. The van der Waals surface area contributed by atoms with Crippen LogP contribution < -0.4 is 0 Å². The number of esters is 3. The average molecular weight is 352 g/mol. The number of hydrogen-bond acceptors (Lipinski definition) is 8. The zero-order valence-corrected chi connectivity index (χ0v) is 14.3. The van der Waals surface area contributed by atoms with Crippen molar-refractivity contribution < 1.29 is 38.1 Å². The number of carbonyl (C=O) groups is 3. The maximum atomic E-state index is 11.6. The van der Waals surface area contributed by atoms with Crippen molar-refractivity contribution in [2.75, 3.05) is 13.2 Å². The molecule has 0 aromatic rings. The SMILES string of the molecule is C#CCO[C@]1(CC#C)[C@H](OC(C)=O)COC(OC(C)=O)[C@@H]1OC(C)=O. The van der Waals surface area contributed by atoms with Crippen molar-refractivity contribution in [3.8, 4) is 24.7 Å². The third kappa shape index (κ3) is 5.21. The fraction of sp³-hybridized carbons (Fsp3) is 0.588. The van der Waals surface area contributed by atoms with Gasteiger partial charge in [-0.15, -0.1) is 18.8 Å². The van der Waals surface area contributed by atoms with Gasteiger partial charge in [0.2, 0.25) is 6.29 Å². The summed E-state index contributed by atoms with van der Waals surface area (Å²) in [5.74, 6) is 2.70. The standard InChI is InChI=1S/C17H20O8/c1-6-8-17(22-9-7-2)14(23-11(3)18)10-21-16(25-13(5)20)15(17)24-12(4)19/h1-2,14-16H,8-10H2,3-5H3/t14-,15+,16?,17-/m1/s1. The van der Waals surface area contributed by atoms with E-state index in [0.717, 1.165) is 13.8 Å². The van der Waals surface area contributed by atoms with E-state index in [1.165, 1.54) is 6.92 Å². The maximum absolute atomic E-state index is 11.6. The Hall–Kier alpha value is -2.55. The average Bonchev–Trinajstić information content (AvgIpc) is 2.50. The lowest BCUT2D eigenvalue weighted by Gasteiger charge is -2.48. The normalized spacial score (nSPS) is 28.1. The molecule has 0 radical (unpaired) electrons. The molecule has 0 saturated carbocycles. The summed E-state index contributed by atoms with van der Waals surface area (Å²) in [6.45, 7) is 3.12. The van der Waals surface area contributed by atoms with Crippen molar-refractivity contribution in [3.05, 3.63) is 0 Å². The van der Waals surface area contributed by atoms with E-state index >= 15 is 0 Å². The summed E-state index contributed by atoms with van der Waals surface area (Å²) >= 11 is 0. The molecule has 0 N–H and O–H groups in total. The van der Waals surface area contributed by atoms with Gasteiger partial charge in [-0.1, -0.05) is 5.92 Å². The van der Waals surface area contributed by atoms with Crippen LogP contribution in [0.15, 0.2) is 0 Å². The summed E-state index contributed by atoms with van der Waals surface area (Å²) in [5, 5.41) is 0. The molecule has 0 aromatic carbocycles. The van der Waals surface area contributed by atoms with Crippen LogP contribution in [0.2, 0.25) is 0 Å². The predicted octanol–water partition coefficient (Wildman–Crippen LogP) is 0.181. The topological polar surface area (TPSA) is 97.4 Å². The maximum Gasteiger partial charge on any atom is 0.305 e. The number of ether oxygens (including phenoxy) is 5. The molecule has 0 aliphatic carbocycles. The fourth-order valence-electron chi connectivity index (χ4n) is 2.53. The first-order valence-corrected chi connectivity index (χ1v) is 7.41. The van der Waals surface area contributed by atoms with Gasteiger partial charge in [0.1, 0.15) is 6.61 Å². The minimum atomic E-state index is -1.53. The quantitative estimate of drug-likeness (QED) is 0.379. The lowest BCUT2D eigenvalue weighted by Crippen LogP contribution is -2.67. The van der Waals surface area contributed by atoms with Crippen LogP contribution in [-0.2, 0) is 38.1 Å². The van der Waals surface area contributed by atoms with E-state index in [9.17, 15) is 14.4 Å². The second-order valence-electron chi connectivity index (χ2n) is 5.27. The molecule has 0 spiro atoms. The minimum absolute atomic E-state index is 0.133. The van der Waals surface area contributed by atoms with Crippen LogP contribution in [0.25, 0.3) is 0 Å². The van der Waals surface area contributed by atoms with Crippen molar-refractivity contribution in [3.63, 3.8) is 0 Å². The van der Waals surface area contributed by atoms with Gasteiger partial charge in [-0.2, -0.15) is 0 Å². The number of rotatable bonds is 6. The summed E-state index contributed by atoms with van der Waals surface area (Å²) in [6, 6.07) is 0. The van der Waals surface area contributed by atoms with Crippen LogP contribution in [0.5, 0.6) is 0 Å². The highest BCUT2D eigenvalue weighted by molar-refractivity contribution is 5.68. The number of carbonyl (C=O) groups excluding carboxylic acids is 3. The highest BCUT2D eigenvalue weighted by Crippen LogP contribution is 2.37. The summed E-state index contributed by atoms with van der Waals surface area (Å²) in [6.07, 6.45) is 6.96. The molecule has 136 valence electrons. The van der Waals surface area contributed by atoms with Gasteiger partial charge in [0.05, 0.1) is 6.61 Å². The third-order valence-electron chi connectivity index (χ3n) is 3.37.